The van der Waals surface area contributed by atoms with E-state index in [1.165, 1.54) is 12.1 Å². The van der Waals surface area contributed by atoms with Crippen LogP contribution in [0, 0.1) is 0 Å². The second-order valence-corrected chi connectivity index (χ2v) is 9.19. The van der Waals surface area contributed by atoms with Crippen LogP contribution < -0.4 is 0 Å². The molecule has 39 heavy (non-hydrogen) atoms. The van der Waals surface area contributed by atoms with E-state index < -0.39 is 11.6 Å². The fourth-order valence-corrected chi connectivity index (χ4v) is 4.32. The normalized spacial score (nSPS) is 17.6. The van der Waals surface area contributed by atoms with Gasteiger partial charge in [-0.2, -0.15) is 10.2 Å². The second-order valence-electron chi connectivity index (χ2n) is 9.19. The average molecular weight is 538 g/mol. The molecule has 9 heteroatoms. The van der Waals surface area contributed by atoms with Crippen LogP contribution in [0.15, 0.2) is 83.4 Å². The highest BCUT2D eigenvalue weighted by Crippen LogP contribution is 2.25. The largest absolute Gasteiger partial charge is 0.493 e. The van der Waals surface area contributed by atoms with Crippen molar-refractivity contribution in [1.29, 1.82) is 0 Å². The number of aromatic nitrogens is 2. The Labute approximate surface area is 231 Å². The molecular formula is C30H40FN5O3. The molecule has 2 heterocycles. The number of nitrogens with zero attached hydrogens (tertiary/aromatic N) is 5. The standard InChI is InChI=1S/C30H40FN5O3/c1-6-8-13-24(12-7-2)36-28(16-17-32-36)29(30(37)23(3)38-5)33-34(4)27-15-11-14-25(22-26(27)31)35-18-9-10-20-39-21-19-35/h8,11-13,15-17,22H,3,6-7,9-10,14,18-21H2,1-2,4-5H3/b13-8-,24-12+,33-29-. The number of carbonyl (C=O) groups excluding carboxylic acids is 1. The van der Waals surface area contributed by atoms with Gasteiger partial charge in [-0.05, 0) is 50.0 Å². The van der Waals surface area contributed by atoms with Crippen LogP contribution in [0.4, 0.5) is 4.39 Å². The van der Waals surface area contributed by atoms with Crippen LogP contribution in [0.3, 0.4) is 0 Å². The predicted octanol–water partition coefficient (Wildman–Crippen LogP) is 5.60. The minimum atomic E-state index is -0.517. The van der Waals surface area contributed by atoms with Gasteiger partial charge in [-0.1, -0.05) is 38.7 Å². The molecule has 0 atom stereocenters. The zero-order valence-electron chi connectivity index (χ0n) is 23.5. The molecule has 1 aromatic rings. The number of hydrogen-bond donors (Lipinski definition) is 0. The van der Waals surface area contributed by atoms with E-state index in [1.807, 2.05) is 38.2 Å². The van der Waals surface area contributed by atoms with E-state index in [-0.39, 0.29) is 17.2 Å². The van der Waals surface area contributed by atoms with E-state index in [0.717, 1.165) is 56.8 Å². The first-order valence-corrected chi connectivity index (χ1v) is 13.5. The fourth-order valence-electron chi connectivity index (χ4n) is 4.32. The summed E-state index contributed by atoms with van der Waals surface area (Å²) in [5.74, 6) is -1.03. The second kappa shape index (κ2) is 15.0. The van der Waals surface area contributed by atoms with Crippen LogP contribution in [-0.2, 0) is 14.3 Å². The van der Waals surface area contributed by atoms with E-state index in [0.29, 0.717) is 18.7 Å². The Hall–Kier alpha value is -3.72. The summed E-state index contributed by atoms with van der Waals surface area (Å²) in [7, 11) is 3.00. The number of hydrazone groups is 1. The van der Waals surface area contributed by atoms with Crippen molar-refractivity contribution in [3.05, 3.63) is 84.0 Å². The lowest BCUT2D eigenvalue weighted by atomic mass is 10.1. The third-order valence-corrected chi connectivity index (χ3v) is 6.40. The zero-order chi connectivity index (χ0) is 28.2. The molecule has 3 rings (SSSR count). The first-order valence-electron chi connectivity index (χ1n) is 13.5. The molecule has 1 aromatic heterocycles. The van der Waals surface area contributed by atoms with Crippen LogP contribution in [0.2, 0.25) is 0 Å². The number of ketones is 1. The molecule has 0 radical (unpaired) electrons. The van der Waals surface area contributed by atoms with Gasteiger partial charge in [0, 0.05) is 38.9 Å². The van der Waals surface area contributed by atoms with Gasteiger partial charge in [0.2, 0.25) is 5.78 Å². The SMILES string of the molecule is C=C(OC)C(=O)/C(=N\N(C)C1=C(F)C=C(N2CCCCOCC2)CC=C1)c1ccnn1C(/C=C\CC)=C/CC. The summed E-state index contributed by atoms with van der Waals surface area (Å²) in [6.07, 6.45) is 16.9. The number of halogens is 1. The van der Waals surface area contributed by atoms with Gasteiger partial charge in [-0.15, -0.1) is 0 Å². The Morgan fingerprint density at radius 2 is 2.10 bits per heavy atom. The maximum Gasteiger partial charge on any atom is 0.249 e. The number of likely N-dealkylation sites (N-methyl/N-ethyl adjacent to an activating group) is 1. The summed E-state index contributed by atoms with van der Waals surface area (Å²) < 4.78 is 28.1. The van der Waals surface area contributed by atoms with Crippen molar-refractivity contribution in [3.8, 4) is 0 Å². The smallest absolute Gasteiger partial charge is 0.249 e. The Bertz CT molecular complexity index is 1200. The summed E-state index contributed by atoms with van der Waals surface area (Å²) in [4.78, 5) is 15.6. The monoisotopic (exact) mass is 537 g/mol. The van der Waals surface area contributed by atoms with E-state index in [1.54, 1.807) is 36.1 Å². The molecule has 0 spiro atoms. The third-order valence-electron chi connectivity index (χ3n) is 6.40. The quantitative estimate of drug-likeness (QED) is 0.120. The van der Waals surface area contributed by atoms with Crippen molar-refractivity contribution in [1.82, 2.24) is 19.7 Å². The summed E-state index contributed by atoms with van der Waals surface area (Å²) in [6, 6.07) is 1.70. The summed E-state index contributed by atoms with van der Waals surface area (Å²) in [6.45, 7) is 10.8. The number of allylic oxidation sites excluding steroid dienone is 9. The number of carbonyl (C=O) groups is 1. The average Bonchev–Trinajstić information content (AvgIpc) is 3.31. The molecule has 8 nitrogen and oxygen atoms in total. The maximum atomic E-state index is 15.6. The Balaban J connectivity index is 2.03. The van der Waals surface area contributed by atoms with Crippen molar-refractivity contribution >= 4 is 17.2 Å². The number of Topliss-reactive ketones (excluding diaryl/α,β-unsaturated/α-hetero) is 1. The lowest BCUT2D eigenvalue weighted by molar-refractivity contribution is -0.112. The molecule has 0 amide bonds. The molecule has 0 unspecified atom stereocenters. The van der Waals surface area contributed by atoms with Crippen molar-refractivity contribution < 1.29 is 18.7 Å². The number of hydrogen-bond acceptors (Lipinski definition) is 7. The molecule has 0 bridgehead atoms. The molecule has 1 fully saturated rings. The van der Waals surface area contributed by atoms with E-state index >= 15 is 4.39 Å². The summed E-state index contributed by atoms with van der Waals surface area (Å²) in [5, 5.41) is 10.4. The zero-order valence-corrected chi connectivity index (χ0v) is 23.5. The van der Waals surface area contributed by atoms with Gasteiger partial charge in [0.15, 0.2) is 11.5 Å². The van der Waals surface area contributed by atoms with E-state index in [2.05, 4.69) is 21.7 Å². The van der Waals surface area contributed by atoms with Gasteiger partial charge < -0.3 is 14.4 Å². The van der Waals surface area contributed by atoms with Gasteiger partial charge in [-0.3, -0.25) is 9.80 Å². The minimum Gasteiger partial charge on any atom is -0.493 e. The number of rotatable bonds is 11. The summed E-state index contributed by atoms with van der Waals surface area (Å²) >= 11 is 0. The lowest BCUT2D eigenvalue weighted by Gasteiger charge is -2.28. The lowest BCUT2D eigenvalue weighted by Crippen LogP contribution is -2.30. The summed E-state index contributed by atoms with van der Waals surface area (Å²) in [5.41, 5.74) is 2.41. The van der Waals surface area contributed by atoms with E-state index in [9.17, 15) is 4.79 Å². The molecule has 0 N–H and O–H groups in total. The van der Waals surface area contributed by atoms with Crippen LogP contribution in [-0.4, -0.2) is 71.6 Å². The number of methoxy groups -OCH3 is 1. The van der Waals surface area contributed by atoms with Crippen molar-refractivity contribution in [2.75, 3.05) is 40.5 Å². The maximum absolute atomic E-state index is 15.6. The van der Waals surface area contributed by atoms with Crippen LogP contribution in [0.1, 0.15) is 51.6 Å². The van der Waals surface area contributed by atoms with Crippen molar-refractivity contribution in [2.45, 2.75) is 46.0 Å². The molecule has 0 aromatic carbocycles. The van der Waals surface area contributed by atoms with Crippen molar-refractivity contribution in [2.24, 2.45) is 5.10 Å². The highest BCUT2D eigenvalue weighted by Gasteiger charge is 2.25. The Kier molecular flexibility index (Phi) is 11.5. The highest BCUT2D eigenvalue weighted by atomic mass is 19.1. The van der Waals surface area contributed by atoms with Gasteiger partial charge in [0.25, 0.3) is 0 Å². The van der Waals surface area contributed by atoms with Gasteiger partial charge in [-0.25, -0.2) is 9.07 Å². The molecule has 1 aliphatic heterocycles. The Morgan fingerprint density at radius 1 is 1.28 bits per heavy atom. The van der Waals surface area contributed by atoms with Gasteiger partial charge >= 0.3 is 0 Å². The number of ether oxygens (including phenoxy) is 2. The Morgan fingerprint density at radius 3 is 2.85 bits per heavy atom. The highest BCUT2D eigenvalue weighted by molar-refractivity contribution is 6.50. The molecule has 1 saturated heterocycles. The van der Waals surface area contributed by atoms with Gasteiger partial charge in [0.05, 0.1) is 37.0 Å². The minimum absolute atomic E-state index is 0.0387. The van der Waals surface area contributed by atoms with Crippen LogP contribution in [0.5, 0.6) is 0 Å². The first kappa shape index (κ1) is 29.8. The van der Waals surface area contributed by atoms with Crippen LogP contribution in [0.25, 0.3) is 5.70 Å². The topological polar surface area (TPSA) is 72.2 Å². The molecule has 2 aliphatic rings. The molecule has 210 valence electrons. The van der Waals surface area contributed by atoms with Crippen LogP contribution >= 0.6 is 0 Å². The van der Waals surface area contributed by atoms with E-state index in [4.69, 9.17) is 9.47 Å². The van der Waals surface area contributed by atoms with Crippen molar-refractivity contribution in [3.63, 3.8) is 0 Å². The van der Waals surface area contributed by atoms with Gasteiger partial charge in [0.1, 0.15) is 5.83 Å². The molecule has 0 saturated carbocycles. The molecular weight excluding hydrogens is 497 g/mol. The fraction of sp³-hybridized carbons (Fsp3) is 0.433. The molecule has 1 aliphatic carbocycles. The third kappa shape index (κ3) is 7.89. The first-order chi connectivity index (χ1) is 18.9. The predicted molar refractivity (Wildman–Crippen MR) is 153 cm³/mol.